The van der Waals surface area contributed by atoms with Crippen LogP contribution in [0.5, 0.6) is 0 Å². The molecule has 0 aliphatic heterocycles. The minimum atomic E-state index is -0.609. The maximum atomic E-state index is 13.7. The van der Waals surface area contributed by atoms with Gasteiger partial charge in [-0.05, 0) is 46.5 Å². The number of nitrogens with two attached hydrogens (primary N) is 1. The van der Waals surface area contributed by atoms with Crippen LogP contribution >= 0.6 is 15.9 Å². The first-order valence-corrected chi connectivity index (χ1v) is 7.63. The van der Waals surface area contributed by atoms with E-state index in [4.69, 9.17) is 5.73 Å². The SMILES string of the molecule is Cc1cccc(C(CN)(CO)Cc2cccc(F)c2Br)c1. The third-order valence-corrected chi connectivity index (χ3v) is 4.77. The lowest BCUT2D eigenvalue weighted by Gasteiger charge is -2.32. The van der Waals surface area contributed by atoms with E-state index in [2.05, 4.69) is 15.9 Å². The molecule has 0 saturated heterocycles. The van der Waals surface area contributed by atoms with Crippen molar-refractivity contribution in [2.45, 2.75) is 18.8 Å². The number of benzene rings is 2. The predicted octanol–water partition coefficient (Wildman–Crippen LogP) is 3.33. The van der Waals surface area contributed by atoms with Gasteiger partial charge in [0.2, 0.25) is 0 Å². The molecule has 0 aromatic heterocycles. The van der Waals surface area contributed by atoms with Crippen LogP contribution in [0.4, 0.5) is 4.39 Å². The first kappa shape index (κ1) is 16.1. The van der Waals surface area contributed by atoms with Gasteiger partial charge in [0.25, 0.3) is 0 Å². The van der Waals surface area contributed by atoms with Gasteiger partial charge in [0.05, 0.1) is 11.1 Å². The molecular weight excluding hydrogens is 333 g/mol. The summed E-state index contributed by atoms with van der Waals surface area (Å²) in [5.41, 5.74) is 8.24. The average molecular weight is 352 g/mol. The molecule has 2 nitrogen and oxygen atoms in total. The van der Waals surface area contributed by atoms with Gasteiger partial charge in [-0.25, -0.2) is 4.39 Å². The van der Waals surface area contributed by atoms with Gasteiger partial charge in [0, 0.05) is 12.0 Å². The van der Waals surface area contributed by atoms with Gasteiger partial charge < -0.3 is 10.8 Å². The number of hydrogen-bond donors (Lipinski definition) is 2. The molecule has 2 rings (SSSR count). The van der Waals surface area contributed by atoms with E-state index in [0.717, 1.165) is 16.7 Å². The molecule has 0 saturated carbocycles. The number of aliphatic hydroxyl groups is 1. The van der Waals surface area contributed by atoms with Crippen LogP contribution < -0.4 is 5.73 Å². The van der Waals surface area contributed by atoms with E-state index in [0.29, 0.717) is 10.9 Å². The fourth-order valence-corrected chi connectivity index (χ4v) is 2.93. The first-order chi connectivity index (χ1) is 10.0. The third-order valence-electron chi connectivity index (χ3n) is 3.88. The Labute approximate surface area is 132 Å². The Balaban J connectivity index is 2.45. The van der Waals surface area contributed by atoms with Gasteiger partial charge in [-0.1, -0.05) is 42.0 Å². The maximum Gasteiger partial charge on any atom is 0.137 e. The normalized spacial score (nSPS) is 14.0. The molecular formula is C17H19BrFNO. The smallest absolute Gasteiger partial charge is 0.137 e. The van der Waals surface area contributed by atoms with Crippen LogP contribution in [-0.4, -0.2) is 18.3 Å². The molecule has 112 valence electrons. The molecule has 2 aromatic rings. The van der Waals surface area contributed by atoms with E-state index in [-0.39, 0.29) is 19.0 Å². The van der Waals surface area contributed by atoms with Crippen LogP contribution in [0.15, 0.2) is 46.9 Å². The number of rotatable bonds is 5. The highest BCUT2D eigenvalue weighted by Crippen LogP contribution is 2.31. The number of aryl methyl sites for hydroxylation is 1. The zero-order chi connectivity index (χ0) is 15.5. The van der Waals surface area contributed by atoms with Gasteiger partial charge in [-0.2, -0.15) is 0 Å². The molecule has 0 aliphatic carbocycles. The third kappa shape index (κ3) is 3.34. The fourth-order valence-electron chi connectivity index (χ4n) is 2.53. The van der Waals surface area contributed by atoms with E-state index in [1.54, 1.807) is 6.07 Å². The van der Waals surface area contributed by atoms with E-state index >= 15 is 0 Å². The van der Waals surface area contributed by atoms with Crippen LogP contribution in [0, 0.1) is 12.7 Å². The van der Waals surface area contributed by atoms with Crippen molar-refractivity contribution in [1.29, 1.82) is 0 Å². The molecule has 4 heteroatoms. The summed E-state index contributed by atoms with van der Waals surface area (Å²) in [6.45, 7) is 2.20. The molecule has 2 aromatic carbocycles. The van der Waals surface area contributed by atoms with Crippen LogP contribution in [-0.2, 0) is 11.8 Å². The van der Waals surface area contributed by atoms with E-state index in [1.165, 1.54) is 6.07 Å². The Morgan fingerprint density at radius 3 is 2.57 bits per heavy atom. The summed E-state index contributed by atoms with van der Waals surface area (Å²) in [4.78, 5) is 0. The summed E-state index contributed by atoms with van der Waals surface area (Å²) in [5, 5.41) is 9.95. The molecule has 1 unspecified atom stereocenters. The topological polar surface area (TPSA) is 46.2 Å². The van der Waals surface area contributed by atoms with Crippen LogP contribution in [0.1, 0.15) is 16.7 Å². The highest BCUT2D eigenvalue weighted by atomic mass is 79.9. The standard InChI is InChI=1S/C17H19BrFNO/c1-12-4-2-6-14(8-12)17(10-20,11-21)9-13-5-3-7-15(19)16(13)18/h2-8,21H,9-11,20H2,1H3. The summed E-state index contributed by atoms with van der Waals surface area (Å²) >= 11 is 3.28. The molecule has 3 N–H and O–H groups in total. The van der Waals surface area contributed by atoms with E-state index in [1.807, 2.05) is 37.3 Å². The van der Waals surface area contributed by atoms with Gasteiger partial charge in [-0.15, -0.1) is 0 Å². The Morgan fingerprint density at radius 2 is 1.95 bits per heavy atom. The minimum Gasteiger partial charge on any atom is -0.395 e. The van der Waals surface area contributed by atoms with Crippen LogP contribution in [0.2, 0.25) is 0 Å². The molecule has 0 amide bonds. The second-order valence-electron chi connectivity index (χ2n) is 5.40. The van der Waals surface area contributed by atoms with Crippen molar-refractivity contribution in [1.82, 2.24) is 0 Å². The lowest BCUT2D eigenvalue weighted by Crippen LogP contribution is -2.41. The van der Waals surface area contributed by atoms with Crippen molar-refractivity contribution in [2.75, 3.05) is 13.2 Å². The van der Waals surface area contributed by atoms with Gasteiger partial charge in [-0.3, -0.25) is 0 Å². The molecule has 0 heterocycles. The number of halogens is 2. The molecule has 1 atom stereocenters. The van der Waals surface area contributed by atoms with Crippen molar-refractivity contribution < 1.29 is 9.50 Å². The summed E-state index contributed by atoms with van der Waals surface area (Å²) in [7, 11) is 0. The Hall–Kier alpha value is -1.23. The average Bonchev–Trinajstić information content (AvgIpc) is 2.49. The second kappa shape index (κ2) is 6.69. The van der Waals surface area contributed by atoms with Crippen molar-refractivity contribution in [3.8, 4) is 0 Å². The van der Waals surface area contributed by atoms with E-state index < -0.39 is 5.41 Å². The molecule has 0 radical (unpaired) electrons. The molecule has 21 heavy (non-hydrogen) atoms. The molecule has 0 fully saturated rings. The highest BCUT2D eigenvalue weighted by Gasteiger charge is 2.31. The van der Waals surface area contributed by atoms with Crippen LogP contribution in [0.25, 0.3) is 0 Å². The van der Waals surface area contributed by atoms with Gasteiger partial charge in [0.1, 0.15) is 5.82 Å². The summed E-state index contributed by atoms with van der Waals surface area (Å²) in [5.74, 6) is -0.305. The number of aliphatic hydroxyl groups excluding tert-OH is 1. The zero-order valence-corrected chi connectivity index (χ0v) is 13.5. The molecule has 0 spiro atoms. The second-order valence-corrected chi connectivity index (χ2v) is 6.19. The maximum absolute atomic E-state index is 13.7. The molecule has 0 aliphatic rings. The molecule has 0 bridgehead atoms. The lowest BCUT2D eigenvalue weighted by molar-refractivity contribution is 0.195. The largest absolute Gasteiger partial charge is 0.395 e. The lowest BCUT2D eigenvalue weighted by atomic mass is 9.76. The summed E-state index contributed by atoms with van der Waals surface area (Å²) in [6, 6.07) is 12.9. The highest BCUT2D eigenvalue weighted by molar-refractivity contribution is 9.10. The van der Waals surface area contributed by atoms with Gasteiger partial charge >= 0.3 is 0 Å². The van der Waals surface area contributed by atoms with E-state index in [9.17, 15) is 9.50 Å². The van der Waals surface area contributed by atoms with Gasteiger partial charge in [0.15, 0.2) is 0 Å². The monoisotopic (exact) mass is 351 g/mol. The minimum absolute atomic E-state index is 0.0874. The summed E-state index contributed by atoms with van der Waals surface area (Å²) in [6.07, 6.45) is 0.474. The van der Waals surface area contributed by atoms with Crippen molar-refractivity contribution in [3.63, 3.8) is 0 Å². The first-order valence-electron chi connectivity index (χ1n) is 6.83. The van der Waals surface area contributed by atoms with Crippen LogP contribution in [0.3, 0.4) is 0 Å². The number of hydrogen-bond acceptors (Lipinski definition) is 2. The van der Waals surface area contributed by atoms with Crippen molar-refractivity contribution in [2.24, 2.45) is 5.73 Å². The Bertz CT molecular complexity index is 626. The Kier molecular flexibility index (Phi) is 5.14. The quantitative estimate of drug-likeness (QED) is 0.867. The predicted molar refractivity (Wildman–Crippen MR) is 86.8 cm³/mol. The summed E-state index contributed by atoms with van der Waals surface area (Å²) < 4.78 is 14.1. The van der Waals surface area contributed by atoms with Crippen molar-refractivity contribution >= 4 is 15.9 Å². The fraction of sp³-hybridized carbons (Fsp3) is 0.294. The zero-order valence-electron chi connectivity index (χ0n) is 11.9. The van der Waals surface area contributed by atoms with Crippen molar-refractivity contribution in [3.05, 3.63) is 69.4 Å². The Morgan fingerprint density at radius 1 is 1.24 bits per heavy atom.